The van der Waals surface area contributed by atoms with Gasteiger partial charge in [0.2, 0.25) is 11.6 Å². The van der Waals surface area contributed by atoms with Gasteiger partial charge in [-0.1, -0.05) is 24.3 Å². The number of rotatable bonds is 5. The van der Waals surface area contributed by atoms with Crippen LogP contribution in [0.5, 0.6) is 0 Å². The third kappa shape index (κ3) is 2.87. The van der Waals surface area contributed by atoms with E-state index in [0.29, 0.717) is 11.3 Å². The molecule has 1 saturated heterocycles. The minimum Gasteiger partial charge on any atom is -0.454 e. The van der Waals surface area contributed by atoms with Crippen LogP contribution in [0.15, 0.2) is 48.5 Å². The summed E-state index contributed by atoms with van der Waals surface area (Å²) in [5.41, 5.74) is -0.895. The molecular formula is C22H19FN2O5. The Morgan fingerprint density at radius 3 is 2.63 bits per heavy atom. The fourth-order valence-electron chi connectivity index (χ4n) is 4.16. The average Bonchev–Trinajstić information content (AvgIpc) is 3.10. The Bertz CT molecular complexity index is 1070. The van der Waals surface area contributed by atoms with E-state index in [0.717, 1.165) is 6.07 Å². The normalized spacial score (nSPS) is 20.1. The zero-order valence-electron chi connectivity index (χ0n) is 16.3. The van der Waals surface area contributed by atoms with E-state index in [1.54, 1.807) is 31.2 Å². The first-order chi connectivity index (χ1) is 14.4. The second kappa shape index (κ2) is 7.37. The molecular weight excluding hydrogens is 391 g/mol. The lowest BCUT2D eigenvalue weighted by molar-refractivity contribution is -0.156. The summed E-state index contributed by atoms with van der Waals surface area (Å²) in [6.45, 7) is 1.25. The second-order valence-electron chi connectivity index (χ2n) is 7.12. The predicted octanol–water partition coefficient (Wildman–Crippen LogP) is 2.55. The molecule has 7 nitrogen and oxygen atoms in total. The first-order valence-corrected chi connectivity index (χ1v) is 9.60. The van der Waals surface area contributed by atoms with Crippen LogP contribution in [-0.2, 0) is 14.3 Å². The third-order valence-corrected chi connectivity index (χ3v) is 5.50. The van der Waals surface area contributed by atoms with E-state index in [4.69, 9.17) is 4.74 Å². The number of Topliss-reactive ketones (excluding diaryl/α,β-unsaturated/α-hetero) is 1. The van der Waals surface area contributed by atoms with Crippen molar-refractivity contribution in [1.29, 1.82) is 0 Å². The molecule has 0 aliphatic carbocycles. The first kappa shape index (κ1) is 19.8. The van der Waals surface area contributed by atoms with Gasteiger partial charge < -0.3 is 9.64 Å². The van der Waals surface area contributed by atoms with Gasteiger partial charge in [-0.15, -0.1) is 0 Å². The number of halogens is 1. The van der Waals surface area contributed by atoms with Crippen LogP contribution in [-0.4, -0.2) is 47.3 Å². The van der Waals surface area contributed by atoms with Crippen molar-refractivity contribution < 1.29 is 28.3 Å². The summed E-state index contributed by atoms with van der Waals surface area (Å²) >= 11 is 0. The zero-order valence-corrected chi connectivity index (χ0v) is 16.3. The number of carbonyl (C=O) groups excluding carboxylic acids is 4. The number of amides is 2. The molecule has 2 aromatic carbocycles. The molecule has 8 heteroatoms. The number of ketones is 1. The molecule has 0 spiro atoms. The average molecular weight is 410 g/mol. The van der Waals surface area contributed by atoms with E-state index >= 15 is 0 Å². The highest BCUT2D eigenvalue weighted by molar-refractivity contribution is 6.15. The van der Waals surface area contributed by atoms with Crippen LogP contribution in [0.25, 0.3) is 0 Å². The number of benzene rings is 2. The molecule has 0 saturated carbocycles. The molecule has 30 heavy (non-hydrogen) atoms. The van der Waals surface area contributed by atoms with Gasteiger partial charge in [0.05, 0.1) is 11.3 Å². The van der Waals surface area contributed by atoms with Gasteiger partial charge >= 0.3 is 5.97 Å². The highest BCUT2D eigenvalue weighted by Gasteiger charge is 2.61. The number of hydrogen-bond acceptors (Lipinski definition) is 5. The Labute approximate surface area is 172 Å². The Balaban J connectivity index is 1.67. The van der Waals surface area contributed by atoms with E-state index in [1.807, 2.05) is 0 Å². The monoisotopic (exact) mass is 410 g/mol. The molecule has 0 bridgehead atoms. The highest BCUT2D eigenvalue weighted by atomic mass is 19.1. The summed E-state index contributed by atoms with van der Waals surface area (Å²) in [7, 11) is 0. The van der Waals surface area contributed by atoms with Gasteiger partial charge in [0, 0.05) is 24.9 Å². The molecule has 2 aliphatic rings. The summed E-state index contributed by atoms with van der Waals surface area (Å²) < 4.78 is 18.7. The Morgan fingerprint density at radius 1 is 1.13 bits per heavy atom. The molecule has 2 aromatic rings. The van der Waals surface area contributed by atoms with Crippen LogP contribution in [0.2, 0.25) is 0 Å². The minimum atomic E-state index is -1.64. The topological polar surface area (TPSA) is 84.0 Å². The smallest absolute Gasteiger partial charge is 0.354 e. The molecule has 1 atom stereocenters. The van der Waals surface area contributed by atoms with Crippen LogP contribution >= 0.6 is 0 Å². The van der Waals surface area contributed by atoms with Crippen LogP contribution in [0.4, 0.5) is 10.1 Å². The molecule has 154 valence electrons. The lowest BCUT2D eigenvalue weighted by atomic mass is 9.96. The summed E-state index contributed by atoms with van der Waals surface area (Å²) in [5.74, 6) is -2.71. The van der Waals surface area contributed by atoms with Gasteiger partial charge in [-0.05, 0) is 31.2 Å². The summed E-state index contributed by atoms with van der Waals surface area (Å²) in [6.07, 6.45) is 0.123. The summed E-state index contributed by atoms with van der Waals surface area (Å²) in [5, 5.41) is 0. The minimum absolute atomic E-state index is 0.0606. The lowest BCUT2D eigenvalue weighted by Crippen LogP contribution is -2.68. The van der Waals surface area contributed by atoms with E-state index in [1.165, 1.54) is 28.0 Å². The fraction of sp³-hybridized carbons (Fsp3) is 0.273. The van der Waals surface area contributed by atoms with Crippen molar-refractivity contribution in [3.8, 4) is 0 Å². The van der Waals surface area contributed by atoms with Gasteiger partial charge in [-0.3, -0.25) is 19.3 Å². The highest BCUT2D eigenvalue weighted by Crippen LogP contribution is 2.44. The number of nitrogens with zero attached hydrogens (tertiary/aromatic N) is 2. The number of likely N-dealkylation sites (N-methyl/N-ethyl adjacent to an activating group) is 1. The van der Waals surface area contributed by atoms with E-state index in [-0.39, 0.29) is 36.8 Å². The Kier molecular flexibility index (Phi) is 4.85. The van der Waals surface area contributed by atoms with Crippen LogP contribution in [0.1, 0.15) is 40.5 Å². The number of anilines is 1. The van der Waals surface area contributed by atoms with Crippen molar-refractivity contribution in [2.45, 2.75) is 25.4 Å². The molecule has 0 aromatic heterocycles. The first-order valence-electron chi connectivity index (χ1n) is 9.60. The van der Waals surface area contributed by atoms with Crippen LogP contribution in [0, 0.1) is 5.82 Å². The van der Waals surface area contributed by atoms with E-state index in [9.17, 15) is 23.6 Å². The quantitative estimate of drug-likeness (QED) is 0.559. The van der Waals surface area contributed by atoms with Crippen molar-refractivity contribution in [2.75, 3.05) is 18.1 Å². The Hall–Kier alpha value is -3.55. The summed E-state index contributed by atoms with van der Waals surface area (Å²) in [6, 6.07) is 11.7. The van der Waals surface area contributed by atoms with Crippen molar-refractivity contribution >= 4 is 29.3 Å². The number of hydrogen-bond donors (Lipinski definition) is 0. The molecule has 2 aliphatic heterocycles. The van der Waals surface area contributed by atoms with Crippen molar-refractivity contribution in [2.24, 2.45) is 0 Å². The molecule has 4 rings (SSSR count). The number of para-hydroxylation sites is 1. The SMILES string of the molecule is CCN1C(=O)c2ccccc2N2C(=O)CC[C@]12C(=O)OCC(=O)c1cccc(F)c1. The maximum Gasteiger partial charge on any atom is 0.354 e. The van der Waals surface area contributed by atoms with Crippen molar-refractivity contribution in [3.05, 3.63) is 65.5 Å². The van der Waals surface area contributed by atoms with Crippen molar-refractivity contribution in [1.82, 2.24) is 4.90 Å². The van der Waals surface area contributed by atoms with Gasteiger partial charge in [-0.25, -0.2) is 9.18 Å². The van der Waals surface area contributed by atoms with Crippen molar-refractivity contribution in [3.63, 3.8) is 0 Å². The van der Waals surface area contributed by atoms with Gasteiger partial charge in [0.15, 0.2) is 12.4 Å². The molecule has 0 radical (unpaired) electrons. The molecule has 0 unspecified atom stereocenters. The summed E-state index contributed by atoms with van der Waals surface area (Å²) in [4.78, 5) is 54.0. The largest absolute Gasteiger partial charge is 0.454 e. The fourth-order valence-corrected chi connectivity index (χ4v) is 4.16. The standard InChI is InChI=1S/C22H19FN2O5/c1-2-24-20(28)16-8-3-4-9-17(16)25-19(27)10-11-22(24,25)21(29)30-13-18(26)14-6-5-7-15(23)12-14/h3-9,12H,2,10-11,13H2,1H3/t22-/m0/s1. The van der Waals surface area contributed by atoms with E-state index in [2.05, 4.69) is 0 Å². The number of fused-ring (bicyclic) bond motifs is 3. The third-order valence-electron chi connectivity index (χ3n) is 5.50. The van der Waals surface area contributed by atoms with Gasteiger partial charge in [0.25, 0.3) is 5.91 Å². The maximum atomic E-state index is 13.4. The molecule has 2 heterocycles. The predicted molar refractivity (Wildman–Crippen MR) is 104 cm³/mol. The van der Waals surface area contributed by atoms with Gasteiger partial charge in [0.1, 0.15) is 5.82 Å². The molecule has 0 N–H and O–H groups in total. The number of esters is 1. The Morgan fingerprint density at radius 2 is 1.90 bits per heavy atom. The van der Waals surface area contributed by atoms with E-state index < -0.39 is 29.8 Å². The molecule has 2 amide bonds. The lowest BCUT2D eigenvalue weighted by Gasteiger charge is -2.47. The maximum absolute atomic E-state index is 13.4. The number of ether oxygens (including phenoxy) is 1. The zero-order chi connectivity index (χ0) is 21.5. The van der Waals surface area contributed by atoms with Crippen LogP contribution in [0.3, 0.4) is 0 Å². The van der Waals surface area contributed by atoms with Gasteiger partial charge in [-0.2, -0.15) is 0 Å². The molecule has 1 fully saturated rings. The van der Waals surface area contributed by atoms with Crippen LogP contribution < -0.4 is 4.90 Å². The second-order valence-corrected chi connectivity index (χ2v) is 7.12. The number of carbonyl (C=O) groups is 4.